The zero-order chi connectivity index (χ0) is 11.3. The second-order valence-electron chi connectivity index (χ2n) is 4.99. The summed E-state index contributed by atoms with van der Waals surface area (Å²) in [6.07, 6.45) is 5.48. The first-order valence-electron chi connectivity index (χ1n) is 6.68. The molecule has 0 aliphatic heterocycles. The van der Waals surface area contributed by atoms with E-state index in [0.29, 0.717) is 6.04 Å². The standard InChI is InChI=1S/C13H28N2/c1-5-14-12-7-9-13(10-8-12)15(6-2)11(3)4/h11-14H,5-10H2,1-4H3. The van der Waals surface area contributed by atoms with Gasteiger partial charge in [0.05, 0.1) is 0 Å². The van der Waals surface area contributed by atoms with Crippen molar-refractivity contribution >= 4 is 0 Å². The van der Waals surface area contributed by atoms with E-state index in [0.717, 1.165) is 18.6 Å². The van der Waals surface area contributed by atoms with E-state index in [9.17, 15) is 0 Å². The van der Waals surface area contributed by atoms with Crippen molar-refractivity contribution in [3.63, 3.8) is 0 Å². The van der Waals surface area contributed by atoms with Crippen LogP contribution in [0, 0.1) is 0 Å². The lowest BCUT2D eigenvalue weighted by Gasteiger charge is -2.38. The van der Waals surface area contributed by atoms with Crippen molar-refractivity contribution in [1.29, 1.82) is 0 Å². The molecule has 1 N–H and O–H groups in total. The number of nitrogens with zero attached hydrogens (tertiary/aromatic N) is 1. The summed E-state index contributed by atoms with van der Waals surface area (Å²) in [5, 5.41) is 3.57. The second kappa shape index (κ2) is 6.49. The van der Waals surface area contributed by atoms with Gasteiger partial charge in [-0.3, -0.25) is 4.90 Å². The summed E-state index contributed by atoms with van der Waals surface area (Å²) in [7, 11) is 0. The maximum atomic E-state index is 3.57. The molecule has 0 aromatic heterocycles. The third-order valence-corrected chi connectivity index (χ3v) is 3.69. The molecule has 2 heteroatoms. The lowest BCUT2D eigenvalue weighted by Crippen LogP contribution is -2.45. The van der Waals surface area contributed by atoms with Gasteiger partial charge in [0.25, 0.3) is 0 Å². The number of nitrogens with one attached hydrogen (secondary N) is 1. The summed E-state index contributed by atoms with van der Waals surface area (Å²) in [5.74, 6) is 0. The molecule has 0 atom stereocenters. The first-order valence-corrected chi connectivity index (χ1v) is 6.68. The van der Waals surface area contributed by atoms with Gasteiger partial charge in [0, 0.05) is 18.1 Å². The van der Waals surface area contributed by atoms with Crippen LogP contribution in [0.2, 0.25) is 0 Å². The van der Waals surface area contributed by atoms with Crippen LogP contribution in [0.4, 0.5) is 0 Å². The Bertz CT molecular complexity index is 160. The summed E-state index contributed by atoms with van der Waals surface area (Å²) in [5.41, 5.74) is 0. The fourth-order valence-electron chi connectivity index (χ4n) is 2.95. The number of hydrogen-bond donors (Lipinski definition) is 1. The highest BCUT2D eigenvalue weighted by molar-refractivity contribution is 4.83. The minimum atomic E-state index is 0.704. The van der Waals surface area contributed by atoms with Crippen molar-refractivity contribution < 1.29 is 0 Å². The van der Waals surface area contributed by atoms with Gasteiger partial charge < -0.3 is 5.32 Å². The van der Waals surface area contributed by atoms with E-state index in [2.05, 4.69) is 37.9 Å². The molecule has 2 nitrogen and oxygen atoms in total. The molecule has 1 saturated carbocycles. The first-order chi connectivity index (χ1) is 7.19. The largest absolute Gasteiger partial charge is 0.314 e. The summed E-state index contributed by atoms with van der Waals surface area (Å²) >= 11 is 0. The minimum absolute atomic E-state index is 0.704. The average Bonchev–Trinajstić information content (AvgIpc) is 2.21. The molecule has 15 heavy (non-hydrogen) atoms. The fourth-order valence-corrected chi connectivity index (χ4v) is 2.95. The number of hydrogen-bond acceptors (Lipinski definition) is 2. The molecule has 90 valence electrons. The van der Waals surface area contributed by atoms with Crippen LogP contribution in [0.25, 0.3) is 0 Å². The number of rotatable bonds is 5. The van der Waals surface area contributed by atoms with E-state index in [-0.39, 0.29) is 0 Å². The lowest BCUT2D eigenvalue weighted by molar-refractivity contribution is 0.118. The van der Waals surface area contributed by atoms with Crippen molar-refractivity contribution in [2.75, 3.05) is 13.1 Å². The van der Waals surface area contributed by atoms with Gasteiger partial charge in [-0.2, -0.15) is 0 Å². The monoisotopic (exact) mass is 212 g/mol. The van der Waals surface area contributed by atoms with Crippen LogP contribution in [0.1, 0.15) is 53.4 Å². The van der Waals surface area contributed by atoms with Gasteiger partial charge in [-0.05, 0) is 52.6 Å². The first kappa shape index (κ1) is 13.0. The van der Waals surface area contributed by atoms with Crippen LogP contribution in [0.3, 0.4) is 0 Å². The van der Waals surface area contributed by atoms with Crippen LogP contribution >= 0.6 is 0 Å². The van der Waals surface area contributed by atoms with Crippen molar-refractivity contribution in [2.45, 2.75) is 71.5 Å². The molecule has 0 bridgehead atoms. The van der Waals surface area contributed by atoms with Gasteiger partial charge in [0.2, 0.25) is 0 Å². The maximum Gasteiger partial charge on any atom is 0.00990 e. The summed E-state index contributed by atoms with van der Waals surface area (Å²) in [4.78, 5) is 2.65. The lowest BCUT2D eigenvalue weighted by atomic mass is 9.89. The zero-order valence-electron chi connectivity index (χ0n) is 10.9. The molecule has 1 aliphatic carbocycles. The van der Waals surface area contributed by atoms with E-state index >= 15 is 0 Å². The van der Waals surface area contributed by atoms with E-state index < -0.39 is 0 Å². The third-order valence-electron chi connectivity index (χ3n) is 3.69. The molecule has 0 aromatic carbocycles. The molecule has 0 unspecified atom stereocenters. The minimum Gasteiger partial charge on any atom is -0.314 e. The normalized spacial score (nSPS) is 27.6. The fraction of sp³-hybridized carbons (Fsp3) is 1.00. The molecular formula is C13H28N2. The predicted molar refractivity (Wildman–Crippen MR) is 67.2 cm³/mol. The molecule has 0 aromatic rings. The van der Waals surface area contributed by atoms with Gasteiger partial charge in [-0.25, -0.2) is 0 Å². The van der Waals surface area contributed by atoms with Crippen LogP contribution in [0.15, 0.2) is 0 Å². The summed E-state index contributed by atoms with van der Waals surface area (Å²) < 4.78 is 0. The molecule has 0 radical (unpaired) electrons. The molecule has 0 heterocycles. The van der Waals surface area contributed by atoms with Gasteiger partial charge in [0.15, 0.2) is 0 Å². The average molecular weight is 212 g/mol. The molecule has 0 saturated heterocycles. The van der Waals surface area contributed by atoms with Gasteiger partial charge in [0.1, 0.15) is 0 Å². The van der Waals surface area contributed by atoms with Crippen molar-refractivity contribution in [3.05, 3.63) is 0 Å². The Morgan fingerprint density at radius 3 is 2.13 bits per heavy atom. The van der Waals surface area contributed by atoms with Crippen molar-refractivity contribution in [3.8, 4) is 0 Å². The molecular weight excluding hydrogens is 184 g/mol. The SMILES string of the molecule is CCNC1CCC(N(CC)C(C)C)CC1. The van der Waals surface area contributed by atoms with E-state index in [4.69, 9.17) is 0 Å². The van der Waals surface area contributed by atoms with Crippen molar-refractivity contribution in [2.24, 2.45) is 0 Å². The Kier molecular flexibility index (Phi) is 5.62. The van der Waals surface area contributed by atoms with Gasteiger partial charge in [-0.15, -0.1) is 0 Å². The molecule has 0 spiro atoms. The Morgan fingerprint density at radius 1 is 1.13 bits per heavy atom. The quantitative estimate of drug-likeness (QED) is 0.753. The highest BCUT2D eigenvalue weighted by Gasteiger charge is 2.25. The second-order valence-corrected chi connectivity index (χ2v) is 4.99. The highest BCUT2D eigenvalue weighted by atomic mass is 15.2. The Hall–Kier alpha value is -0.0800. The van der Waals surface area contributed by atoms with Crippen molar-refractivity contribution in [1.82, 2.24) is 10.2 Å². The molecule has 1 fully saturated rings. The smallest absolute Gasteiger partial charge is 0.00990 e. The molecule has 1 aliphatic rings. The van der Waals surface area contributed by atoms with Crippen LogP contribution < -0.4 is 5.32 Å². The molecule has 0 amide bonds. The van der Waals surface area contributed by atoms with Crippen LogP contribution in [-0.4, -0.2) is 36.1 Å². The van der Waals surface area contributed by atoms with E-state index in [1.807, 2.05) is 0 Å². The van der Waals surface area contributed by atoms with Gasteiger partial charge >= 0.3 is 0 Å². The molecule has 1 rings (SSSR count). The van der Waals surface area contributed by atoms with E-state index in [1.54, 1.807) is 0 Å². The van der Waals surface area contributed by atoms with E-state index in [1.165, 1.54) is 32.2 Å². The third kappa shape index (κ3) is 3.76. The summed E-state index contributed by atoms with van der Waals surface area (Å²) in [6, 6.07) is 2.33. The maximum absolute atomic E-state index is 3.57. The summed E-state index contributed by atoms with van der Waals surface area (Å²) in [6.45, 7) is 11.5. The zero-order valence-corrected chi connectivity index (χ0v) is 10.9. The highest BCUT2D eigenvalue weighted by Crippen LogP contribution is 2.24. The van der Waals surface area contributed by atoms with Crippen LogP contribution in [-0.2, 0) is 0 Å². The predicted octanol–water partition coefficient (Wildman–Crippen LogP) is 2.64. The topological polar surface area (TPSA) is 15.3 Å². The van der Waals surface area contributed by atoms with Gasteiger partial charge in [-0.1, -0.05) is 13.8 Å². The Morgan fingerprint density at radius 2 is 1.73 bits per heavy atom. The van der Waals surface area contributed by atoms with Crippen LogP contribution in [0.5, 0.6) is 0 Å². The Labute approximate surface area is 95.4 Å². The Balaban J connectivity index is 2.35.